The Morgan fingerprint density at radius 2 is 2.42 bits per heavy atom. The minimum Gasteiger partial charge on any atom is -0.355 e. The lowest BCUT2D eigenvalue weighted by atomic mass is 9.97. The molecule has 0 aromatic heterocycles. The van der Waals surface area contributed by atoms with Crippen LogP contribution in [-0.4, -0.2) is 13.0 Å². The molecule has 0 heterocycles. The normalized spacial score (nSPS) is 16.5. The first-order chi connectivity index (χ1) is 5.77. The minimum atomic E-state index is 0.0639. The van der Waals surface area contributed by atoms with E-state index in [2.05, 4.69) is 18.3 Å². The van der Waals surface area contributed by atoms with E-state index < -0.39 is 0 Å². The Labute approximate surface area is 73.4 Å². The fourth-order valence-electron chi connectivity index (χ4n) is 1.35. The number of allylic oxidation sites excluding steroid dienone is 3. The zero-order valence-corrected chi connectivity index (χ0v) is 7.68. The first kappa shape index (κ1) is 9.04. The van der Waals surface area contributed by atoms with Crippen molar-refractivity contribution in [2.75, 3.05) is 7.05 Å². The number of hydrogen-bond donors (Lipinski definition) is 1. The number of amides is 1. The fraction of sp³-hybridized carbons (Fsp3) is 0.500. The molecule has 12 heavy (non-hydrogen) atoms. The number of nitrogens with one attached hydrogen (secondary N) is 1. The molecule has 0 aromatic rings. The first-order valence-corrected chi connectivity index (χ1v) is 4.39. The van der Waals surface area contributed by atoms with Gasteiger partial charge in [0.25, 0.3) is 0 Å². The third-order valence-corrected chi connectivity index (χ3v) is 2.11. The van der Waals surface area contributed by atoms with Crippen molar-refractivity contribution in [1.29, 1.82) is 0 Å². The van der Waals surface area contributed by atoms with E-state index in [1.807, 2.05) is 6.08 Å². The van der Waals surface area contributed by atoms with Crippen LogP contribution in [0.4, 0.5) is 0 Å². The van der Waals surface area contributed by atoms with E-state index >= 15 is 0 Å². The molecule has 0 aliphatic heterocycles. The van der Waals surface area contributed by atoms with E-state index in [-0.39, 0.29) is 5.91 Å². The summed E-state index contributed by atoms with van der Waals surface area (Å²) in [5.41, 5.74) is 2.19. The Balaban J connectivity index is 2.72. The highest BCUT2D eigenvalue weighted by molar-refractivity contribution is 5.93. The number of rotatable bonds is 2. The summed E-state index contributed by atoms with van der Waals surface area (Å²) in [6.45, 7) is 2.11. The average Bonchev–Trinajstić information content (AvgIpc) is 2.17. The minimum absolute atomic E-state index is 0.0639. The molecule has 66 valence electrons. The van der Waals surface area contributed by atoms with Crippen LogP contribution in [0.3, 0.4) is 0 Å². The van der Waals surface area contributed by atoms with E-state index in [4.69, 9.17) is 0 Å². The van der Waals surface area contributed by atoms with Crippen LogP contribution in [0.5, 0.6) is 0 Å². The predicted molar refractivity (Wildman–Crippen MR) is 49.8 cm³/mol. The molecule has 0 unspecified atom stereocenters. The zero-order valence-electron chi connectivity index (χ0n) is 7.68. The van der Waals surface area contributed by atoms with Gasteiger partial charge in [0.1, 0.15) is 0 Å². The molecule has 0 spiro atoms. The lowest BCUT2D eigenvalue weighted by Gasteiger charge is -2.11. The van der Waals surface area contributed by atoms with Crippen LogP contribution in [0.2, 0.25) is 0 Å². The number of carbonyl (C=O) groups excluding carboxylic acids is 1. The van der Waals surface area contributed by atoms with E-state index in [0.29, 0.717) is 0 Å². The summed E-state index contributed by atoms with van der Waals surface area (Å²) in [5.74, 6) is 0.0639. The van der Waals surface area contributed by atoms with Crippen LogP contribution in [0.15, 0.2) is 23.3 Å². The van der Waals surface area contributed by atoms with E-state index in [9.17, 15) is 4.79 Å². The van der Waals surface area contributed by atoms with Crippen molar-refractivity contribution in [2.45, 2.75) is 26.2 Å². The van der Waals surface area contributed by atoms with Gasteiger partial charge in [0.2, 0.25) is 5.91 Å². The Morgan fingerprint density at radius 1 is 1.67 bits per heavy atom. The van der Waals surface area contributed by atoms with E-state index in [1.54, 1.807) is 7.05 Å². The molecule has 0 bridgehead atoms. The monoisotopic (exact) mass is 165 g/mol. The molecular weight excluding hydrogens is 150 g/mol. The van der Waals surface area contributed by atoms with E-state index in [1.165, 1.54) is 5.57 Å². The van der Waals surface area contributed by atoms with Gasteiger partial charge < -0.3 is 5.32 Å². The third kappa shape index (κ3) is 1.97. The quantitative estimate of drug-likeness (QED) is 0.664. The summed E-state index contributed by atoms with van der Waals surface area (Å²) < 4.78 is 0. The van der Waals surface area contributed by atoms with Crippen molar-refractivity contribution >= 4 is 5.91 Å². The second kappa shape index (κ2) is 4.10. The van der Waals surface area contributed by atoms with Crippen molar-refractivity contribution in [3.63, 3.8) is 0 Å². The topological polar surface area (TPSA) is 29.1 Å². The van der Waals surface area contributed by atoms with Gasteiger partial charge in [-0.25, -0.2) is 0 Å². The number of hydrogen-bond acceptors (Lipinski definition) is 1. The molecule has 0 saturated heterocycles. The van der Waals surface area contributed by atoms with Gasteiger partial charge >= 0.3 is 0 Å². The van der Waals surface area contributed by atoms with Crippen molar-refractivity contribution in [1.82, 2.24) is 5.32 Å². The summed E-state index contributed by atoms with van der Waals surface area (Å²) in [7, 11) is 1.67. The molecular formula is C10H15NO. The Bertz CT molecular complexity index is 238. The van der Waals surface area contributed by atoms with Gasteiger partial charge in [0, 0.05) is 12.6 Å². The first-order valence-electron chi connectivity index (χ1n) is 4.39. The molecule has 1 aliphatic carbocycles. The van der Waals surface area contributed by atoms with Crippen LogP contribution in [0.25, 0.3) is 0 Å². The van der Waals surface area contributed by atoms with Gasteiger partial charge in [0.05, 0.1) is 0 Å². The summed E-state index contributed by atoms with van der Waals surface area (Å²) in [4.78, 5) is 11.2. The molecule has 1 rings (SSSR count). The van der Waals surface area contributed by atoms with Crippen LogP contribution >= 0.6 is 0 Å². The standard InChI is InChI=1S/C10H15NO/c1-3-8-5-4-6-9(7-8)10(12)11-2/h5,7H,3-4,6H2,1-2H3,(H,11,12). The molecule has 1 aliphatic rings. The molecule has 0 atom stereocenters. The third-order valence-electron chi connectivity index (χ3n) is 2.11. The van der Waals surface area contributed by atoms with Crippen molar-refractivity contribution < 1.29 is 4.79 Å². The maximum Gasteiger partial charge on any atom is 0.246 e. The largest absolute Gasteiger partial charge is 0.355 e. The molecule has 1 N–H and O–H groups in total. The maximum absolute atomic E-state index is 11.2. The highest BCUT2D eigenvalue weighted by Crippen LogP contribution is 2.18. The molecule has 0 radical (unpaired) electrons. The molecule has 0 fully saturated rings. The Kier molecular flexibility index (Phi) is 3.09. The van der Waals surface area contributed by atoms with Gasteiger partial charge in [-0.05, 0) is 19.3 Å². The molecule has 2 heteroatoms. The smallest absolute Gasteiger partial charge is 0.246 e. The van der Waals surface area contributed by atoms with Gasteiger partial charge in [-0.3, -0.25) is 4.79 Å². The maximum atomic E-state index is 11.2. The molecule has 1 amide bonds. The van der Waals surface area contributed by atoms with Gasteiger partial charge in [0.15, 0.2) is 0 Å². The SMILES string of the molecule is CCC1=CCCC(C(=O)NC)=C1. The Morgan fingerprint density at radius 3 is 3.00 bits per heavy atom. The molecule has 0 saturated carbocycles. The summed E-state index contributed by atoms with van der Waals surface area (Å²) in [6.07, 6.45) is 7.10. The second-order valence-electron chi connectivity index (χ2n) is 2.92. The number of carbonyl (C=O) groups is 1. The van der Waals surface area contributed by atoms with Gasteiger partial charge in [-0.15, -0.1) is 0 Å². The van der Waals surface area contributed by atoms with Crippen molar-refractivity contribution in [2.24, 2.45) is 0 Å². The van der Waals surface area contributed by atoms with Crippen LogP contribution in [-0.2, 0) is 4.79 Å². The van der Waals surface area contributed by atoms with E-state index in [0.717, 1.165) is 24.8 Å². The average molecular weight is 165 g/mol. The molecule has 2 nitrogen and oxygen atoms in total. The fourth-order valence-corrected chi connectivity index (χ4v) is 1.35. The molecule has 0 aromatic carbocycles. The van der Waals surface area contributed by atoms with Gasteiger partial charge in [-0.1, -0.05) is 24.6 Å². The highest BCUT2D eigenvalue weighted by atomic mass is 16.1. The van der Waals surface area contributed by atoms with Crippen LogP contribution in [0.1, 0.15) is 26.2 Å². The zero-order chi connectivity index (χ0) is 8.97. The van der Waals surface area contributed by atoms with Crippen LogP contribution in [0, 0.1) is 0 Å². The lowest BCUT2D eigenvalue weighted by molar-refractivity contribution is -0.117. The Hall–Kier alpha value is -1.05. The summed E-state index contributed by atoms with van der Waals surface area (Å²) in [5, 5.41) is 2.64. The van der Waals surface area contributed by atoms with Crippen molar-refractivity contribution in [3.8, 4) is 0 Å². The van der Waals surface area contributed by atoms with Gasteiger partial charge in [-0.2, -0.15) is 0 Å². The van der Waals surface area contributed by atoms with Crippen LogP contribution < -0.4 is 5.32 Å². The predicted octanol–water partition coefficient (Wildman–Crippen LogP) is 1.79. The summed E-state index contributed by atoms with van der Waals surface area (Å²) in [6, 6.07) is 0. The lowest BCUT2D eigenvalue weighted by Crippen LogP contribution is -2.20. The second-order valence-corrected chi connectivity index (χ2v) is 2.92. The number of likely N-dealkylation sites (N-methyl/N-ethyl adjacent to an activating group) is 1. The van der Waals surface area contributed by atoms with Crippen molar-refractivity contribution in [3.05, 3.63) is 23.3 Å². The highest BCUT2D eigenvalue weighted by Gasteiger charge is 2.10. The summed E-state index contributed by atoms with van der Waals surface area (Å²) >= 11 is 0.